The Labute approximate surface area is 127 Å². The van der Waals surface area contributed by atoms with E-state index in [2.05, 4.69) is 21.2 Å². The monoisotopic (exact) mass is 290 g/mol. The van der Waals surface area contributed by atoms with Crippen LogP contribution in [-0.4, -0.2) is 57.3 Å². The van der Waals surface area contributed by atoms with E-state index in [0.29, 0.717) is 0 Å². The maximum absolute atomic E-state index is 5.84. The SMILES string of the molecule is COc1cc(N)ccc1N1CCC(N2CCNCC2)CC1. The molecule has 5 heteroatoms. The molecule has 21 heavy (non-hydrogen) atoms. The van der Waals surface area contributed by atoms with Gasteiger partial charge in [-0.15, -0.1) is 0 Å². The van der Waals surface area contributed by atoms with Crippen LogP contribution in [0.5, 0.6) is 5.75 Å². The van der Waals surface area contributed by atoms with Crippen molar-refractivity contribution in [2.75, 3.05) is 57.0 Å². The van der Waals surface area contributed by atoms with Crippen LogP contribution in [0.3, 0.4) is 0 Å². The van der Waals surface area contributed by atoms with E-state index in [4.69, 9.17) is 10.5 Å². The quantitative estimate of drug-likeness (QED) is 0.818. The summed E-state index contributed by atoms with van der Waals surface area (Å²) in [5, 5.41) is 3.43. The fourth-order valence-electron chi connectivity index (χ4n) is 3.47. The predicted octanol–water partition coefficient (Wildman–Crippen LogP) is 1.15. The van der Waals surface area contributed by atoms with E-state index >= 15 is 0 Å². The zero-order valence-corrected chi connectivity index (χ0v) is 12.8. The number of nitrogens with two attached hydrogens (primary N) is 1. The second-order valence-corrected chi connectivity index (χ2v) is 5.94. The number of nitrogens with zero attached hydrogens (tertiary/aromatic N) is 2. The Bertz CT molecular complexity index is 465. The fourth-order valence-corrected chi connectivity index (χ4v) is 3.47. The van der Waals surface area contributed by atoms with Crippen LogP contribution in [0.1, 0.15) is 12.8 Å². The molecule has 2 aliphatic rings. The van der Waals surface area contributed by atoms with E-state index in [9.17, 15) is 0 Å². The van der Waals surface area contributed by atoms with Gasteiger partial charge in [-0.1, -0.05) is 0 Å². The summed E-state index contributed by atoms with van der Waals surface area (Å²) in [6, 6.07) is 6.69. The van der Waals surface area contributed by atoms with Crippen LogP contribution >= 0.6 is 0 Å². The van der Waals surface area contributed by atoms with E-state index in [1.165, 1.54) is 31.6 Å². The van der Waals surface area contributed by atoms with E-state index < -0.39 is 0 Å². The van der Waals surface area contributed by atoms with Gasteiger partial charge in [0.05, 0.1) is 12.8 Å². The third kappa shape index (κ3) is 3.24. The number of hydrogen-bond acceptors (Lipinski definition) is 5. The van der Waals surface area contributed by atoms with Gasteiger partial charge in [0.1, 0.15) is 5.75 Å². The number of anilines is 2. The Morgan fingerprint density at radius 1 is 1.14 bits per heavy atom. The molecule has 0 unspecified atom stereocenters. The molecular formula is C16H26N4O. The number of methoxy groups -OCH3 is 1. The molecule has 116 valence electrons. The Morgan fingerprint density at radius 2 is 1.86 bits per heavy atom. The van der Waals surface area contributed by atoms with Gasteiger partial charge in [-0.2, -0.15) is 0 Å². The van der Waals surface area contributed by atoms with Crippen molar-refractivity contribution in [2.45, 2.75) is 18.9 Å². The Kier molecular flexibility index (Phi) is 4.51. The van der Waals surface area contributed by atoms with Crippen molar-refractivity contribution in [2.24, 2.45) is 0 Å². The molecule has 0 amide bonds. The first-order valence-corrected chi connectivity index (χ1v) is 7.91. The van der Waals surface area contributed by atoms with Gasteiger partial charge in [0.25, 0.3) is 0 Å². The number of ether oxygens (including phenoxy) is 1. The molecule has 2 aliphatic heterocycles. The molecule has 2 heterocycles. The highest BCUT2D eigenvalue weighted by Gasteiger charge is 2.26. The lowest BCUT2D eigenvalue weighted by atomic mass is 10.0. The number of rotatable bonds is 3. The molecule has 3 rings (SSSR count). The van der Waals surface area contributed by atoms with E-state index in [-0.39, 0.29) is 0 Å². The molecule has 0 bridgehead atoms. The van der Waals surface area contributed by atoms with Crippen LogP contribution in [-0.2, 0) is 0 Å². The lowest BCUT2D eigenvalue weighted by molar-refractivity contribution is 0.150. The summed E-state index contributed by atoms with van der Waals surface area (Å²) in [6.45, 7) is 6.83. The molecule has 2 fully saturated rings. The third-order valence-corrected chi connectivity index (χ3v) is 4.68. The second kappa shape index (κ2) is 6.54. The normalized spacial score (nSPS) is 21.5. The summed E-state index contributed by atoms with van der Waals surface area (Å²) in [5.41, 5.74) is 7.77. The maximum Gasteiger partial charge on any atom is 0.144 e. The molecule has 0 saturated carbocycles. The van der Waals surface area contributed by atoms with Crippen molar-refractivity contribution < 1.29 is 4.74 Å². The number of nitrogens with one attached hydrogen (secondary N) is 1. The average Bonchev–Trinajstić information content (AvgIpc) is 2.56. The predicted molar refractivity (Wildman–Crippen MR) is 87.1 cm³/mol. The highest BCUT2D eigenvalue weighted by atomic mass is 16.5. The van der Waals surface area contributed by atoms with Crippen LogP contribution in [0.4, 0.5) is 11.4 Å². The molecular weight excluding hydrogens is 264 g/mol. The van der Waals surface area contributed by atoms with Gasteiger partial charge in [-0.25, -0.2) is 0 Å². The third-order valence-electron chi connectivity index (χ3n) is 4.68. The Balaban J connectivity index is 1.62. The Hall–Kier alpha value is -1.46. The van der Waals surface area contributed by atoms with Crippen LogP contribution in [0.15, 0.2) is 18.2 Å². The first-order chi connectivity index (χ1) is 10.3. The van der Waals surface area contributed by atoms with Gasteiger partial charge in [-0.05, 0) is 25.0 Å². The maximum atomic E-state index is 5.84. The van der Waals surface area contributed by atoms with Crippen molar-refractivity contribution in [1.29, 1.82) is 0 Å². The summed E-state index contributed by atoms with van der Waals surface area (Å²) >= 11 is 0. The van der Waals surface area contributed by atoms with Crippen molar-refractivity contribution in [3.05, 3.63) is 18.2 Å². The van der Waals surface area contributed by atoms with Gasteiger partial charge in [0, 0.05) is 57.1 Å². The fraction of sp³-hybridized carbons (Fsp3) is 0.625. The zero-order valence-electron chi connectivity index (χ0n) is 12.8. The standard InChI is InChI=1S/C16H26N4O/c1-21-16-12-13(17)2-3-15(16)20-8-4-14(5-9-20)19-10-6-18-7-11-19/h2-3,12,14,18H,4-11,17H2,1H3. The molecule has 0 aliphatic carbocycles. The van der Waals surface area contributed by atoms with Crippen molar-refractivity contribution >= 4 is 11.4 Å². The van der Waals surface area contributed by atoms with Gasteiger partial charge in [0.2, 0.25) is 0 Å². The van der Waals surface area contributed by atoms with Gasteiger partial charge in [-0.3, -0.25) is 4.90 Å². The largest absolute Gasteiger partial charge is 0.495 e. The van der Waals surface area contributed by atoms with Crippen LogP contribution in [0.2, 0.25) is 0 Å². The van der Waals surface area contributed by atoms with Crippen molar-refractivity contribution in [1.82, 2.24) is 10.2 Å². The molecule has 0 radical (unpaired) electrons. The first-order valence-electron chi connectivity index (χ1n) is 7.91. The molecule has 1 aromatic rings. The van der Waals surface area contributed by atoms with Crippen molar-refractivity contribution in [3.63, 3.8) is 0 Å². The number of nitrogen functional groups attached to an aromatic ring is 1. The second-order valence-electron chi connectivity index (χ2n) is 5.94. The van der Waals surface area contributed by atoms with Crippen LogP contribution in [0.25, 0.3) is 0 Å². The molecule has 0 spiro atoms. The topological polar surface area (TPSA) is 53.8 Å². The molecule has 0 atom stereocenters. The highest BCUT2D eigenvalue weighted by molar-refractivity contribution is 5.64. The van der Waals surface area contributed by atoms with E-state index in [1.54, 1.807) is 7.11 Å². The smallest absolute Gasteiger partial charge is 0.144 e. The number of piperidine rings is 1. The molecule has 1 aromatic carbocycles. The summed E-state index contributed by atoms with van der Waals surface area (Å²) < 4.78 is 5.48. The molecule has 5 nitrogen and oxygen atoms in total. The summed E-state index contributed by atoms with van der Waals surface area (Å²) in [7, 11) is 1.71. The highest BCUT2D eigenvalue weighted by Crippen LogP contribution is 2.32. The van der Waals surface area contributed by atoms with Crippen LogP contribution in [0, 0.1) is 0 Å². The summed E-state index contributed by atoms with van der Waals surface area (Å²) in [5.74, 6) is 0.885. The Morgan fingerprint density at radius 3 is 2.52 bits per heavy atom. The van der Waals surface area contributed by atoms with Crippen LogP contribution < -0.4 is 20.7 Å². The number of hydrogen-bond donors (Lipinski definition) is 2. The van der Waals surface area contributed by atoms with Gasteiger partial charge < -0.3 is 20.7 Å². The average molecular weight is 290 g/mol. The van der Waals surface area contributed by atoms with E-state index in [0.717, 1.165) is 43.7 Å². The lowest BCUT2D eigenvalue weighted by Crippen LogP contribution is -2.52. The zero-order chi connectivity index (χ0) is 14.7. The summed E-state index contributed by atoms with van der Waals surface area (Å²) in [6.07, 6.45) is 2.46. The van der Waals surface area contributed by atoms with Gasteiger partial charge in [0.15, 0.2) is 0 Å². The number of piperazine rings is 1. The van der Waals surface area contributed by atoms with Gasteiger partial charge >= 0.3 is 0 Å². The number of benzene rings is 1. The molecule has 3 N–H and O–H groups in total. The minimum absolute atomic E-state index is 0.739. The molecule has 0 aromatic heterocycles. The van der Waals surface area contributed by atoms with E-state index in [1.807, 2.05) is 12.1 Å². The molecule has 2 saturated heterocycles. The first kappa shape index (κ1) is 14.5. The minimum atomic E-state index is 0.739. The minimum Gasteiger partial charge on any atom is -0.495 e. The summed E-state index contributed by atoms with van der Waals surface area (Å²) in [4.78, 5) is 5.07. The van der Waals surface area contributed by atoms with Crippen molar-refractivity contribution in [3.8, 4) is 5.75 Å². The lowest BCUT2D eigenvalue weighted by Gasteiger charge is -2.41.